The molecule has 1 unspecified atom stereocenters. The van der Waals surface area contributed by atoms with Crippen LogP contribution < -0.4 is 5.73 Å². The van der Waals surface area contributed by atoms with Gasteiger partial charge in [-0.25, -0.2) is 0 Å². The molecule has 2 aromatic rings. The molecular weight excluding hydrogens is 204 g/mol. The van der Waals surface area contributed by atoms with Crippen LogP contribution in [-0.4, -0.2) is 16.1 Å². The summed E-state index contributed by atoms with van der Waals surface area (Å²) < 4.78 is 2.35. The third-order valence-electron chi connectivity index (χ3n) is 3.07. The fourth-order valence-electron chi connectivity index (χ4n) is 2.29. The van der Waals surface area contributed by atoms with Crippen LogP contribution in [0, 0.1) is 0 Å². The van der Waals surface area contributed by atoms with E-state index in [1.165, 1.54) is 28.8 Å². The van der Waals surface area contributed by atoms with Gasteiger partial charge >= 0.3 is 0 Å². The highest BCUT2D eigenvalue weighted by atomic mass is 32.2. The number of nitrogen functional groups attached to an aromatic ring is 1. The highest BCUT2D eigenvalue weighted by Gasteiger charge is 2.19. The van der Waals surface area contributed by atoms with Crippen molar-refractivity contribution in [3.8, 4) is 0 Å². The predicted octanol–water partition coefficient (Wildman–Crippen LogP) is 2.90. The Morgan fingerprint density at radius 3 is 3.07 bits per heavy atom. The maximum Gasteiger partial charge on any atom is 0.0716 e. The Hall–Kier alpha value is -1.09. The fraction of sp³-hybridized carbons (Fsp3) is 0.333. The second kappa shape index (κ2) is 3.49. The molecule has 1 saturated heterocycles. The van der Waals surface area contributed by atoms with Crippen LogP contribution in [0.1, 0.15) is 12.5 Å². The molecular formula is C12H14N2S. The third-order valence-corrected chi connectivity index (χ3v) is 4.22. The number of hydrogen-bond donors (Lipinski definition) is 1. The average molecular weight is 218 g/mol. The van der Waals surface area contributed by atoms with Crippen molar-refractivity contribution in [3.63, 3.8) is 0 Å². The van der Waals surface area contributed by atoms with Gasteiger partial charge in [-0.05, 0) is 24.3 Å². The van der Waals surface area contributed by atoms with E-state index in [4.69, 9.17) is 5.73 Å². The van der Waals surface area contributed by atoms with Crippen molar-refractivity contribution in [2.75, 3.05) is 17.2 Å². The summed E-state index contributed by atoms with van der Waals surface area (Å²) in [7, 11) is 0. The predicted molar refractivity (Wildman–Crippen MR) is 67.3 cm³/mol. The summed E-state index contributed by atoms with van der Waals surface area (Å²) in [5.41, 5.74) is 8.15. The van der Waals surface area contributed by atoms with Gasteiger partial charge in [0.2, 0.25) is 0 Å². The summed E-state index contributed by atoms with van der Waals surface area (Å²) >= 11 is 2.03. The largest absolute Gasteiger partial charge is 0.397 e. The van der Waals surface area contributed by atoms with Crippen LogP contribution in [0.2, 0.25) is 0 Å². The molecule has 1 aromatic carbocycles. The second-order valence-corrected chi connectivity index (χ2v) is 5.18. The number of thioether (sulfide) groups is 1. The Balaban J connectivity index is 2.18. The van der Waals surface area contributed by atoms with Gasteiger partial charge in [0.1, 0.15) is 0 Å². The normalized spacial score (nSPS) is 21.2. The van der Waals surface area contributed by atoms with Crippen molar-refractivity contribution in [1.82, 2.24) is 4.57 Å². The minimum atomic E-state index is 0.636. The van der Waals surface area contributed by atoms with E-state index in [-0.39, 0.29) is 0 Å². The summed E-state index contributed by atoms with van der Waals surface area (Å²) in [6, 6.07) is 8.93. The molecule has 1 aromatic heterocycles. The fourth-order valence-corrected chi connectivity index (χ4v) is 3.50. The molecule has 1 aliphatic rings. The van der Waals surface area contributed by atoms with Gasteiger partial charge < -0.3 is 10.3 Å². The first-order valence-electron chi connectivity index (χ1n) is 5.29. The molecule has 1 fully saturated rings. The Morgan fingerprint density at radius 1 is 1.33 bits per heavy atom. The van der Waals surface area contributed by atoms with Crippen molar-refractivity contribution in [2.45, 2.75) is 12.5 Å². The van der Waals surface area contributed by atoms with Crippen LogP contribution in [0.15, 0.2) is 30.5 Å². The lowest BCUT2D eigenvalue weighted by molar-refractivity contribution is 0.580. The molecule has 2 N–H and O–H groups in total. The number of nitrogens with zero attached hydrogens (tertiary/aromatic N) is 1. The number of para-hydroxylation sites is 1. The SMILES string of the molecule is Nc1cccc2ccn(C3CCSC3)c12. The lowest BCUT2D eigenvalue weighted by Gasteiger charge is -2.13. The van der Waals surface area contributed by atoms with E-state index in [2.05, 4.69) is 22.9 Å². The Kier molecular flexibility index (Phi) is 2.13. The van der Waals surface area contributed by atoms with Gasteiger partial charge in [0.05, 0.1) is 11.2 Å². The number of benzene rings is 1. The minimum Gasteiger partial charge on any atom is -0.397 e. The number of rotatable bonds is 1. The van der Waals surface area contributed by atoms with Crippen LogP contribution in [0.3, 0.4) is 0 Å². The quantitative estimate of drug-likeness (QED) is 0.746. The molecule has 0 bridgehead atoms. The van der Waals surface area contributed by atoms with Gasteiger partial charge in [-0.3, -0.25) is 0 Å². The zero-order valence-corrected chi connectivity index (χ0v) is 9.33. The zero-order valence-electron chi connectivity index (χ0n) is 8.52. The summed E-state index contributed by atoms with van der Waals surface area (Å²) in [5, 5.41) is 1.26. The van der Waals surface area contributed by atoms with Crippen molar-refractivity contribution in [2.24, 2.45) is 0 Å². The van der Waals surface area contributed by atoms with Crippen LogP contribution >= 0.6 is 11.8 Å². The standard InChI is InChI=1S/C12H14N2S/c13-11-3-1-2-9-4-6-14(12(9)11)10-5-7-15-8-10/h1-4,6,10H,5,7-8,13H2. The van der Waals surface area contributed by atoms with E-state index in [0.29, 0.717) is 6.04 Å². The van der Waals surface area contributed by atoms with Gasteiger partial charge in [0.15, 0.2) is 0 Å². The lowest BCUT2D eigenvalue weighted by atomic mass is 10.2. The molecule has 1 atom stereocenters. The highest BCUT2D eigenvalue weighted by molar-refractivity contribution is 7.99. The molecule has 0 aliphatic carbocycles. The van der Waals surface area contributed by atoms with Crippen molar-refractivity contribution < 1.29 is 0 Å². The van der Waals surface area contributed by atoms with Gasteiger partial charge in [-0.2, -0.15) is 11.8 Å². The van der Waals surface area contributed by atoms with E-state index in [0.717, 1.165) is 5.69 Å². The zero-order chi connectivity index (χ0) is 10.3. The molecule has 1 aliphatic heterocycles. The van der Waals surface area contributed by atoms with Gasteiger partial charge in [0, 0.05) is 23.4 Å². The van der Waals surface area contributed by atoms with E-state index in [9.17, 15) is 0 Å². The van der Waals surface area contributed by atoms with Crippen molar-refractivity contribution >= 4 is 28.4 Å². The maximum absolute atomic E-state index is 6.04. The third kappa shape index (κ3) is 1.42. The summed E-state index contributed by atoms with van der Waals surface area (Å²) in [5.74, 6) is 2.50. The first-order chi connectivity index (χ1) is 7.36. The molecule has 0 saturated carbocycles. The van der Waals surface area contributed by atoms with Crippen molar-refractivity contribution in [1.29, 1.82) is 0 Å². The second-order valence-electron chi connectivity index (χ2n) is 4.03. The molecule has 0 spiro atoms. The van der Waals surface area contributed by atoms with Gasteiger partial charge in [-0.1, -0.05) is 12.1 Å². The van der Waals surface area contributed by atoms with E-state index in [1.807, 2.05) is 23.9 Å². The molecule has 3 rings (SSSR count). The number of anilines is 1. The molecule has 2 nitrogen and oxygen atoms in total. The smallest absolute Gasteiger partial charge is 0.0716 e. The molecule has 78 valence electrons. The molecule has 15 heavy (non-hydrogen) atoms. The maximum atomic E-state index is 6.04. The first-order valence-corrected chi connectivity index (χ1v) is 6.44. The summed E-state index contributed by atoms with van der Waals surface area (Å²) in [6.07, 6.45) is 3.44. The monoisotopic (exact) mass is 218 g/mol. The lowest BCUT2D eigenvalue weighted by Crippen LogP contribution is -2.07. The Labute approximate surface area is 93.4 Å². The van der Waals surface area contributed by atoms with Crippen LogP contribution in [0.4, 0.5) is 5.69 Å². The first kappa shape index (κ1) is 9.16. The Bertz CT molecular complexity index is 483. The number of nitrogens with two attached hydrogens (primary N) is 1. The van der Waals surface area contributed by atoms with E-state index in [1.54, 1.807) is 0 Å². The van der Waals surface area contributed by atoms with Crippen LogP contribution in [0.25, 0.3) is 10.9 Å². The van der Waals surface area contributed by atoms with Crippen LogP contribution in [0.5, 0.6) is 0 Å². The minimum absolute atomic E-state index is 0.636. The average Bonchev–Trinajstić information content (AvgIpc) is 2.85. The number of hydrogen-bond acceptors (Lipinski definition) is 2. The highest BCUT2D eigenvalue weighted by Crippen LogP contribution is 2.33. The molecule has 3 heteroatoms. The molecule has 2 heterocycles. The van der Waals surface area contributed by atoms with E-state index >= 15 is 0 Å². The topological polar surface area (TPSA) is 30.9 Å². The molecule has 0 amide bonds. The number of aromatic nitrogens is 1. The van der Waals surface area contributed by atoms with Crippen molar-refractivity contribution in [3.05, 3.63) is 30.5 Å². The van der Waals surface area contributed by atoms with Gasteiger partial charge in [0.25, 0.3) is 0 Å². The van der Waals surface area contributed by atoms with Crippen LogP contribution in [-0.2, 0) is 0 Å². The number of fused-ring (bicyclic) bond motifs is 1. The van der Waals surface area contributed by atoms with E-state index < -0.39 is 0 Å². The van der Waals surface area contributed by atoms with Gasteiger partial charge in [-0.15, -0.1) is 0 Å². The Morgan fingerprint density at radius 2 is 2.27 bits per heavy atom. The molecule has 0 radical (unpaired) electrons. The summed E-state index contributed by atoms with van der Waals surface area (Å²) in [4.78, 5) is 0. The summed E-state index contributed by atoms with van der Waals surface area (Å²) in [6.45, 7) is 0.